The summed E-state index contributed by atoms with van der Waals surface area (Å²) < 4.78 is 11.1. The van der Waals surface area contributed by atoms with Gasteiger partial charge >= 0.3 is 11.9 Å². The van der Waals surface area contributed by atoms with E-state index in [1.165, 1.54) is 25.2 Å². The third-order valence-electron chi connectivity index (χ3n) is 10.6. The summed E-state index contributed by atoms with van der Waals surface area (Å²) in [6.45, 7) is 5.91. The average molecular weight is 430 g/mol. The summed E-state index contributed by atoms with van der Waals surface area (Å²) in [5, 5.41) is 12.8. The van der Waals surface area contributed by atoms with E-state index in [0.29, 0.717) is 24.9 Å². The smallest absolute Gasteiger partial charge is 0.309 e. The molecule has 8 atom stereocenters. The van der Waals surface area contributed by atoms with Gasteiger partial charge < -0.3 is 14.6 Å². The fourth-order valence-corrected chi connectivity index (χ4v) is 9.73. The van der Waals surface area contributed by atoms with E-state index in [-0.39, 0.29) is 35.1 Å². The first-order chi connectivity index (χ1) is 14.8. The quantitative estimate of drug-likeness (QED) is 0.549. The van der Waals surface area contributed by atoms with Crippen molar-refractivity contribution in [3.63, 3.8) is 0 Å². The molecule has 0 aromatic rings. The molecule has 6 heteroatoms. The van der Waals surface area contributed by atoms with Gasteiger partial charge in [-0.15, -0.1) is 0 Å². The highest BCUT2D eigenvalue weighted by atomic mass is 16.5. The van der Waals surface area contributed by atoms with E-state index in [4.69, 9.17) is 9.47 Å². The number of hydrogen-bond donors (Lipinski definition) is 1. The molecule has 0 aromatic heterocycles. The predicted molar refractivity (Wildman–Crippen MR) is 113 cm³/mol. The van der Waals surface area contributed by atoms with Crippen LogP contribution in [0.3, 0.4) is 0 Å². The molecule has 0 amide bonds. The molecule has 6 aliphatic rings. The van der Waals surface area contributed by atoms with Crippen molar-refractivity contribution in [2.45, 2.75) is 64.5 Å². The Kier molecular flexibility index (Phi) is 4.14. The number of aliphatic hydroxyl groups is 1. The Balaban J connectivity index is 1.62. The maximum Gasteiger partial charge on any atom is 0.309 e. The van der Waals surface area contributed by atoms with Gasteiger partial charge in [0.15, 0.2) is 0 Å². The Morgan fingerprint density at radius 1 is 1.19 bits per heavy atom. The Hall–Kier alpha value is -1.40. The Bertz CT molecular complexity index is 883. The molecule has 0 radical (unpaired) electrons. The van der Waals surface area contributed by atoms with E-state index in [0.717, 1.165) is 51.6 Å². The van der Waals surface area contributed by atoms with Crippen molar-refractivity contribution in [2.75, 3.05) is 26.8 Å². The van der Waals surface area contributed by atoms with E-state index in [1.807, 2.05) is 0 Å². The summed E-state index contributed by atoms with van der Waals surface area (Å²) in [5.41, 5.74) is 1.09. The van der Waals surface area contributed by atoms with Gasteiger partial charge in [-0.1, -0.05) is 18.1 Å². The van der Waals surface area contributed by atoms with E-state index in [2.05, 4.69) is 11.8 Å². The van der Waals surface area contributed by atoms with Crippen LogP contribution in [0.2, 0.25) is 0 Å². The van der Waals surface area contributed by atoms with Crippen LogP contribution in [0.5, 0.6) is 0 Å². The molecular weight excluding hydrogens is 394 g/mol. The van der Waals surface area contributed by atoms with Crippen LogP contribution in [-0.4, -0.2) is 54.5 Å². The van der Waals surface area contributed by atoms with Crippen LogP contribution in [-0.2, 0) is 19.1 Å². The molecule has 0 aromatic carbocycles. The van der Waals surface area contributed by atoms with Gasteiger partial charge in [0, 0.05) is 36.8 Å². The average Bonchev–Trinajstić information content (AvgIpc) is 3.36. The highest BCUT2D eigenvalue weighted by molar-refractivity contribution is 5.75. The monoisotopic (exact) mass is 429 g/mol. The second-order valence-corrected chi connectivity index (χ2v) is 11.3. The van der Waals surface area contributed by atoms with E-state index >= 15 is 0 Å². The normalized spacial score (nSPS) is 49.6. The number of carbonyl (C=O) groups excluding carboxylic acids is 2. The van der Waals surface area contributed by atoms with Crippen molar-refractivity contribution in [1.29, 1.82) is 0 Å². The maximum absolute atomic E-state index is 13.0. The van der Waals surface area contributed by atoms with E-state index in [9.17, 15) is 14.7 Å². The first-order valence-corrected chi connectivity index (χ1v) is 12.2. The first kappa shape index (κ1) is 20.2. The minimum atomic E-state index is -0.961. The summed E-state index contributed by atoms with van der Waals surface area (Å²) >= 11 is 0. The van der Waals surface area contributed by atoms with Crippen LogP contribution in [0, 0.1) is 40.4 Å². The summed E-state index contributed by atoms with van der Waals surface area (Å²) in [6, 6.07) is 0. The minimum absolute atomic E-state index is 0.136. The lowest BCUT2D eigenvalue weighted by Crippen LogP contribution is -2.76. The fraction of sp³-hybridized carbons (Fsp3) is 0.840. The first-order valence-electron chi connectivity index (χ1n) is 12.2. The molecule has 1 spiro atoms. The Morgan fingerprint density at radius 2 is 1.97 bits per heavy atom. The maximum atomic E-state index is 13.0. The number of piperidine rings is 1. The van der Waals surface area contributed by atoms with Crippen LogP contribution < -0.4 is 0 Å². The minimum Gasteiger partial charge on any atom is -0.469 e. The lowest BCUT2D eigenvalue weighted by atomic mass is 9.42. The van der Waals surface area contributed by atoms with Gasteiger partial charge in [0.2, 0.25) is 0 Å². The van der Waals surface area contributed by atoms with Crippen molar-refractivity contribution in [1.82, 2.24) is 4.90 Å². The number of nitrogens with zero attached hydrogens (tertiary/aromatic N) is 1. The van der Waals surface area contributed by atoms with Gasteiger partial charge in [0.05, 0.1) is 19.6 Å². The van der Waals surface area contributed by atoms with Crippen LogP contribution in [0.15, 0.2) is 11.1 Å². The molecule has 6 rings (SSSR count). The third kappa shape index (κ3) is 2.12. The third-order valence-corrected chi connectivity index (χ3v) is 10.6. The molecule has 2 saturated heterocycles. The van der Waals surface area contributed by atoms with E-state index in [1.54, 1.807) is 0 Å². The lowest BCUT2D eigenvalue weighted by Gasteiger charge is -2.69. The van der Waals surface area contributed by atoms with Crippen LogP contribution in [0.25, 0.3) is 0 Å². The van der Waals surface area contributed by atoms with Crippen LogP contribution in [0.1, 0.15) is 58.8 Å². The number of methoxy groups -OCH3 is 1. The van der Waals surface area contributed by atoms with E-state index < -0.39 is 11.1 Å². The number of allylic oxidation sites excluding steroid dienone is 1. The number of ether oxygens (including phenoxy) is 2. The summed E-state index contributed by atoms with van der Waals surface area (Å²) in [4.78, 5) is 27.4. The second-order valence-electron chi connectivity index (χ2n) is 11.3. The Labute approximate surface area is 184 Å². The Morgan fingerprint density at radius 3 is 2.71 bits per heavy atom. The summed E-state index contributed by atoms with van der Waals surface area (Å²) in [5.74, 6) is 0.557. The molecule has 4 bridgehead atoms. The van der Waals surface area contributed by atoms with Crippen molar-refractivity contribution < 1.29 is 24.2 Å². The number of rotatable bonds is 3. The standard InChI is InChI=1S/C25H35NO5/c1-14-11-26-12-17-6-4-16-5-7-18-19(22(28)30-3)10-24(21(16)18)23(17,13-31-15(2)27)9-8-20(14)25(24,26)29/h14,17-20,29H,4-13H2,1-3H3/t14-,17-,18-,19-,20-,23-,24?,25-/m1/s1. The van der Waals surface area contributed by atoms with Gasteiger partial charge in [-0.05, 0) is 62.7 Å². The van der Waals surface area contributed by atoms with Gasteiger partial charge in [-0.2, -0.15) is 0 Å². The zero-order chi connectivity index (χ0) is 21.8. The van der Waals surface area contributed by atoms with Crippen molar-refractivity contribution in [2.24, 2.45) is 40.4 Å². The van der Waals surface area contributed by atoms with Gasteiger partial charge in [0.1, 0.15) is 5.72 Å². The molecular formula is C25H35NO5. The van der Waals surface area contributed by atoms with Gasteiger partial charge in [-0.3, -0.25) is 14.5 Å². The van der Waals surface area contributed by atoms with Crippen molar-refractivity contribution >= 4 is 11.9 Å². The highest BCUT2D eigenvalue weighted by Gasteiger charge is 2.81. The number of esters is 2. The van der Waals surface area contributed by atoms with Crippen molar-refractivity contribution in [3.8, 4) is 0 Å². The van der Waals surface area contributed by atoms with Crippen LogP contribution >= 0.6 is 0 Å². The molecule has 4 aliphatic carbocycles. The van der Waals surface area contributed by atoms with Crippen molar-refractivity contribution in [3.05, 3.63) is 11.1 Å². The second kappa shape index (κ2) is 6.34. The largest absolute Gasteiger partial charge is 0.469 e. The molecule has 170 valence electrons. The number of hydrogen-bond acceptors (Lipinski definition) is 6. The molecule has 6 nitrogen and oxygen atoms in total. The zero-order valence-electron chi connectivity index (χ0n) is 19.0. The number of carbonyl (C=O) groups is 2. The molecule has 4 fully saturated rings. The SMILES string of the molecule is COC(=O)[C@@H]1CC23C4=C(CC[C@@H]5CN6C[C@@H](C)[C@@H](CC[C@@]52COC(C)=O)[C@]63O)CC[C@@H]41. The molecule has 2 aliphatic heterocycles. The summed E-state index contributed by atoms with van der Waals surface area (Å²) in [6.07, 6.45) is 6.72. The molecule has 2 saturated carbocycles. The molecule has 1 unspecified atom stereocenters. The molecule has 31 heavy (non-hydrogen) atoms. The molecule has 2 heterocycles. The fourth-order valence-electron chi connectivity index (χ4n) is 9.73. The lowest BCUT2D eigenvalue weighted by molar-refractivity contribution is -0.306. The summed E-state index contributed by atoms with van der Waals surface area (Å²) in [7, 11) is 1.49. The molecule has 1 N–H and O–H groups in total. The van der Waals surface area contributed by atoms with Gasteiger partial charge in [0.25, 0.3) is 0 Å². The van der Waals surface area contributed by atoms with Gasteiger partial charge in [-0.25, -0.2) is 0 Å². The van der Waals surface area contributed by atoms with Crippen LogP contribution in [0.4, 0.5) is 0 Å². The topological polar surface area (TPSA) is 76.1 Å². The predicted octanol–water partition coefficient (Wildman–Crippen LogP) is 2.90. The zero-order valence-corrected chi connectivity index (χ0v) is 19.0. The highest BCUT2D eigenvalue weighted by Crippen LogP contribution is 2.79.